The van der Waals surface area contributed by atoms with E-state index >= 15 is 0 Å². The fourth-order valence-corrected chi connectivity index (χ4v) is 8.44. The quantitative estimate of drug-likeness (QED) is 0.450. The van der Waals surface area contributed by atoms with Gasteiger partial charge in [0.1, 0.15) is 5.78 Å². The Balaban J connectivity index is 1.50. The highest BCUT2D eigenvalue weighted by atomic mass is 16.1. The molecule has 0 radical (unpaired) electrons. The van der Waals surface area contributed by atoms with Crippen molar-refractivity contribution >= 4 is 5.78 Å². The molecule has 4 aliphatic carbocycles. The van der Waals surface area contributed by atoms with Gasteiger partial charge in [-0.1, -0.05) is 66.0 Å². The summed E-state index contributed by atoms with van der Waals surface area (Å²) in [5, 5.41) is 0. The van der Waals surface area contributed by atoms with Gasteiger partial charge in [-0.25, -0.2) is 0 Å². The monoisotopic (exact) mass is 384 g/mol. The van der Waals surface area contributed by atoms with Crippen LogP contribution in [0.5, 0.6) is 0 Å². The minimum absolute atomic E-state index is 0.385. The first-order valence-corrected chi connectivity index (χ1v) is 12.5. The van der Waals surface area contributed by atoms with Crippen LogP contribution in [0.15, 0.2) is 12.2 Å². The van der Waals surface area contributed by atoms with Crippen molar-refractivity contribution < 1.29 is 4.79 Å². The summed E-state index contributed by atoms with van der Waals surface area (Å²) in [5.74, 6) is 6.16. The van der Waals surface area contributed by atoms with Gasteiger partial charge in [-0.15, -0.1) is 0 Å². The molecular formula is C27H44O. The first-order valence-electron chi connectivity index (χ1n) is 12.5. The summed E-state index contributed by atoms with van der Waals surface area (Å²) in [4.78, 5) is 12.1. The second kappa shape index (κ2) is 7.59. The zero-order valence-corrected chi connectivity index (χ0v) is 19.2. The number of fused-ring (bicyclic) bond motifs is 5. The molecule has 3 saturated carbocycles. The Morgan fingerprint density at radius 2 is 1.71 bits per heavy atom. The first-order chi connectivity index (χ1) is 13.3. The molecule has 0 unspecified atom stereocenters. The van der Waals surface area contributed by atoms with Gasteiger partial charge in [-0.05, 0) is 84.4 Å². The van der Waals surface area contributed by atoms with Crippen molar-refractivity contribution in [2.45, 2.75) is 98.8 Å². The van der Waals surface area contributed by atoms with Gasteiger partial charge in [0.05, 0.1) is 0 Å². The van der Waals surface area contributed by atoms with Crippen LogP contribution in [0.25, 0.3) is 0 Å². The lowest BCUT2D eigenvalue weighted by Gasteiger charge is -2.58. The van der Waals surface area contributed by atoms with Crippen molar-refractivity contribution in [1.82, 2.24) is 0 Å². The molecule has 3 fully saturated rings. The Morgan fingerprint density at radius 1 is 0.964 bits per heavy atom. The summed E-state index contributed by atoms with van der Waals surface area (Å²) in [6, 6.07) is 0. The number of hydrogen-bond donors (Lipinski definition) is 0. The molecule has 1 heteroatoms. The molecule has 1 nitrogen and oxygen atoms in total. The van der Waals surface area contributed by atoms with Crippen LogP contribution in [-0.4, -0.2) is 5.78 Å². The molecule has 158 valence electrons. The topological polar surface area (TPSA) is 17.1 Å². The third-order valence-electron chi connectivity index (χ3n) is 10.2. The molecule has 0 saturated heterocycles. The molecule has 0 aliphatic heterocycles. The lowest BCUT2D eigenvalue weighted by molar-refractivity contribution is -0.128. The maximum atomic E-state index is 12.1. The fourth-order valence-electron chi connectivity index (χ4n) is 8.44. The average Bonchev–Trinajstić information content (AvgIpc) is 2.99. The molecule has 0 aromatic carbocycles. The fraction of sp³-hybridized carbons (Fsp3) is 0.889. The van der Waals surface area contributed by atoms with E-state index in [1.165, 1.54) is 44.9 Å². The standard InChI is InChI=1S/C27H44O/c1-18(2)7-6-8-19(3)23-11-12-24-22-10-9-20-17-21(28)13-15-26(20,4)25(22)14-16-27(23,24)5/h9-10,18-20,22-25H,6-8,11-17H2,1-5H3/t19-,20+,22+,23+,24-,25-,26+,27+/m1/s1. The molecule has 0 N–H and O–H groups in total. The molecular weight excluding hydrogens is 340 g/mol. The number of ketones is 1. The van der Waals surface area contributed by atoms with E-state index < -0.39 is 0 Å². The van der Waals surface area contributed by atoms with Crippen LogP contribution in [-0.2, 0) is 4.79 Å². The first kappa shape index (κ1) is 20.7. The van der Waals surface area contributed by atoms with Crippen molar-refractivity contribution in [2.24, 2.45) is 52.3 Å². The number of allylic oxidation sites excluding steroid dienone is 2. The normalized spacial score (nSPS) is 46.2. The van der Waals surface area contributed by atoms with Crippen molar-refractivity contribution in [1.29, 1.82) is 0 Å². The molecule has 0 heterocycles. The zero-order valence-electron chi connectivity index (χ0n) is 19.2. The highest BCUT2D eigenvalue weighted by Gasteiger charge is 2.59. The minimum atomic E-state index is 0.385. The van der Waals surface area contributed by atoms with Gasteiger partial charge in [0.15, 0.2) is 0 Å². The van der Waals surface area contributed by atoms with Gasteiger partial charge in [0, 0.05) is 12.8 Å². The number of carbonyl (C=O) groups excluding carboxylic acids is 1. The molecule has 28 heavy (non-hydrogen) atoms. The number of rotatable bonds is 5. The summed E-state index contributed by atoms with van der Waals surface area (Å²) < 4.78 is 0. The second-order valence-corrected chi connectivity index (χ2v) is 12.1. The van der Waals surface area contributed by atoms with E-state index in [2.05, 4.69) is 46.8 Å². The van der Waals surface area contributed by atoms with E-state index in [9.17, 15) is 4.79 Å². The van der Waals surface area contributed by atoms with E-state index in [1.54, 1.807) is 0 Å². The summed E-state index contributed by atoms with van der Waals surface area (Å²) in [6.45, 7) is 12.5. The average molecular weight is 385 g/mol. The van der Waals surface area contributed by atoms with Crippen molar-refractivity contribution in [3.63, 3.8) is 0 Å². The van der Waals surface area contributed by atoms with Crippen LogP contribution >= 0.6 is 0 Å². The van der Waals surface area contributed by atoms with Crippen LogP contribution < -0.4 is 0 Å². The Bertz CT molecular complexity index is 618. The maximum Gasteiger partial charge on any atom is 0.133 e. The third-order valence-corrected chi connectivity index (χ3v) is 10.2. The van der Waals surface area contributed by atoms with E-state index in [1.807, 2.05) is 0 Å². The van der Waals surface area contributed by atoms with Crippen LogP contribution in [0.2, 0.25) is 0 Å². The number of carbonyl (C=O) groups is 1. The lowest BCUT2D eigenvalue weighted by Crippen LogP contribution is -2.52. The molecule has 4 rings (SSSR count). The van der Waals surface area contributed by atoms with E-state index in [0.717, 1.165) is 54.8 Å². The van der Waals surface area contributed by atoms with Crippen LogP contribution in [0.1, 0.15) is 98.8 Å². The smallest absolute Gasteiger partial charge is 0.133 e. The van der Waals surface area contributed by atoms with Gasteiger partial charge >= 0.3 is 0 Å². The predicted octanol–water partition coefficient (Wildman–Crippen LogP) is 7.45. The molecule has 0 amide bonds. The predicted molar refractivity (Wildman–Crippen MR) is 118 cm³/mol. The molecule has 8 atom stereocenters. The summed E-state index contributed by atoms with van der Waals surface area (Å²) in [5.41, 5.74) is 0.937. The second-order valence-electron chi connectivity index (χ2n) is 12.1. The van der Waals surface area contributed by atoms with Crippen LogP contribution in [0.4, 0.5) is 0 Å². The summed E-state index contributed by atoms with van der Waals surface area (Å²) in [6.07, 6.45) is 17.8. The lowest BCUT2D eigenvalue weighted by atomic mass is 9.46. The van der Waals surface area contributed by atoms with Gasteiger partial charge in [0.2, 0.25) is 0 Å². The maximum absolute atomic E-state index is 12.1. The minimum Gasteiger partial charge on any atom is -0.300 e. The molecule has 0 aromatic heterocycles. The Morgan fingerprint density at radius 3 is 2.46 bits per heavy atom. The van der Waals surface area contributed by atoms with Gasteiger partial charge in [-0.2, -0.15) is 0 Å². The van der Waals surface area contributed by atoms with E-state index in [0.29, 0.717) is 22.5 Å². The highest BCUT2D eigenvalue weighted by molar-refractivity contribution is 5.80. The molecule has 0 spiro atoms. The largest absolute Gasteiger partial charge is 0.300 e. The van der Waals surface area contributed by atoms with Gasteiger partial charge < -0.3 is 0 Å². The third kappa shape index (κ3) is 3.33. The van der Waals surface area contributed by atoms with Gasteiger partial charge in [-0.3, -0.25) is 4.79 Å². The van der Waals surface area contributed by atoms with Crippen molar-refractivity contribution in [3.8, 4) is 0 Å². The molecule has 0 aromatic rings. The van der Waals surface area contributed by atoms with Crippen molar-refractivity contribution in [3.05, 3.63) is 12.2 Å². The zero-order chi connectivity index (χ0) is 20.1. The van der Waals surface area contributed by atoms with Crippen molar-refractivity contribution in [2.75, 3.05) is 0 Å². The molecule has 4 aliphatic rings. The summed E-state index contributed by atoms with van der Waals surface area (Å²) in [7, 11) is 0. The Kier molecular flexibility index (Phi) is 5.60. The molecule has 0 bridgehead atoms. The van der Waals surface area contributed by atoms with Crippen LogP contribution in [0, 0.1) is 52.3 Å². The van der Waals surface area contributed by atoms with Gasteiger partial charge in [0.25, 0.3) is 0 Å². The van der Waals surface area contributed by atoms with E-state index in [4.69, 9.17) is 0 Å². The number of Topliss-reactive ketones (excluding diaryl/α,β-unsaturated/α-hetero) is 1. The number of hydrogen-bond acceptors (Lipinski definition) is 1. The Hall–Kier alpha value is -0.590. The Labute approximate surface area is 174 Å². The summed E-state index contributed by atoms with van der Waals surface area (Å²) >= 11 is 0. The highest BCUT2D eigenvalue weighted by Crippen LogP contribution is 2.66. The SMILES string of the molecule is CC(C)CCC[C@@H](C)[C@@H]1CC[C@@H]2[C@@H]3C=C[C@H]4CC(=O)CC[C@]4(C)[C@@H]3CC[C@]21C. The van der Waals surface area contributed by atoms with E-state index in [-0.39, 0.29) is 0 Å². The van der Waals surface area contributed by atoms with Crippen LogP contribution in [0.3, 0.4) is 0 Å².